The highest BCUT2D eigenvalue weighted by atomic mass is 79.9. The number of nitrogens with one attached hydrogen (secondary N) is 1. The van der Waals surface area contributed by atoms with Crippen LogP contribution >= 0.6 is 50.7 Å². The summed E-state index contributed by atoms with van der Waals surface area (Å²) in [7, 11) is 0. The Morgan fingerprint density at radius 2 is 1.75 bits per heavy atom. The predicted octanol–water partition coefficient (Wildman–Crippen LogP) is 6.89. The van der Waals surface area contributed by atoms with Crippen LogP contribution in [0.5, 0.6) is 0 Å². The van der Waals surface area contributed by atoms with Gasteiger partial charge in [-0.25, -0.2) is 0 Å². The summed E-state index contributed by atoms with van der Waals surface area (Å²) in [6.45, 7) is 4.08. The van der Waals surface area contributed by atoms with Crippen LogP contribution in [-0.2, 0) is 0 Å². The molecular weight excluding hydrogens is 380 g/mol. The molecule has 0 heterocycles. The number of hydrogen-bond donors (Lipinski definition) is 1. The SMILES string of the molecule is Cc1c(Br)cccc1NC(C)c1ccc(Cl)c(Cl)c1Cl. The summed E-state index contributed by atoms with van der Waals surface area (Å²) in [6.07, 6.45) is 0. The highest BCUT2D eigenvalue weighted by Gasteiger charge is 2.15. The van der Waals surface area contributed by atoms with Crippen molar-refractivity contribution < 1.29 is 0 Å². The van der Waals surface area contributed by atoms with Crippen LogP contribution in [0.1, 0.15) is 24.1 Å². The minimum absolute atomic E-state index is 0.0188. The molecule has 0 bridgehead atoms. The van der Waals surface area contributed by atoms with Crippen LogP contribution in [0.2, 0.25) is 15.1 Å². The van der Waals surface area contributed by atoms with Gasteiger partial charge in [0.25, 0.3) is 0 Å². The van der Waals surface area contributed by atoms with Gasteiger partial charge in [-0.05, 0) is 43.2 Å². The lowest BCUT2D eigenvalue weighted by Gasteiger charge is -2.20. The third-order valence-electron chi connectivity index (χ3n) is 3.17. The van der Waals surface area contributed by atoms with E-state index in [9.17, 15) is 0 Å². The average Bonchev–Trinajstić information content (AvgIpc) is 2.41. The van der Waals surface area contributed by atoms with E-state index < -0.39 is 0 Å². The minimum Gasteiger partial charge on any atom is -0.378 e. The molecule has 5 heteroatoms. The highest BCUT2D eigenvalue weighted by Crippen LogP contribution is 2.37. The summed E-state index contributed by atoms with van der Waals surface area (Å²) in [5.41, 5.74) is 3.12. The van der Waals surface area contributed by atoms with Crippen LogP contribution in [0.25, 0.3) is 0 Å². The molecule has 0 aliphatic heterocycles. The molecule has 0 amide bonds. The van der Waals surface area contributed by atoms with Crippen molar-refractivity contribution in [2.24, 2.45) is 0 Å². The van der Waals surface area contributed by atoms with Gasteiger partial charge in [-0.2, -0.15) is 0 Å². The molecule has 0 aromatic heterocycles. The zero-order valence-electron chi connectivity index (χ0n) is 11.0. The quantitative estimate of drug-likeness (QED) is 0.560. The van der Waals surface area contributed by atoms with E-state index >= 15 is 0 Å². The molecule has 0 radical (unpaired) electrons. The Kier molecular flexibility index (Phi) is 5.25. The average molecular weight is 394 g/mol. The highest BCUT2D eigenvalue weighted by molar-refractivity contribution is 9.10. The summed E-state index contributed by atoms with van der Waals surface area (Å²) < 4.78 is 1.06. The topological polar surface area (TPSA) is 12.0 Å². The molecule has 1 unspecified atom stereocenters. The summed E-state index contributed by atoms with van der Waals surface area (Å²) in [4.78, 5) is 0. The molecule has 1 nitrogen and oxygen atoms in total. The first-order valence-electron chi connectivity index (χ1n) is 6.07. The van der Waals surface area contributed by atoms with Crippen molar-refractivity contribution in [3.8, 4) is 0 Å². The van der Waals surface area contributed by atoms with Gasteiger partial charge in [0.15, 0.2) is 0 Å². The van der Waals surface area contributed by atoms with Gasteiger partial charge < -0.3 is 5.32 Å². The maximum atomic E-state index is 6.27. The van der Waals surface area contributed by atoms with E-state index in [1.807, 2.05) is 31.2 Å². The van der Waals surface area contributed by atoms with Crippen LogP contribution in [0.3, 0.4) is 0 Å². The third-order valence-corrected chi connectivity index (χ3v) is 5.34. The molecular formula is C15H13BrCl3N. The first-order chi connectivity index (χ1) is 9.41. The van der Waals surface area contributed by atoms with E-state index in [1.165, 1.54) is 0 Å². The van der Waals surface area contributed by atoms with Crippen LogP contribution in [0.15, 0.2) is 34.8 Å². The fourth-order valence-electron chi connectivity index (χ4n) is 1.95. The molecule has 2 aromatic rings. The van der Waals surface area contributed by atoms with Crippen molar-refractivity contribution in [1.29, 1.82) is 0 Å². The monoisotopic (exact) mass is 391 g/mol. The molecule has 106 valence electrons. The van der Waals surface area contributed by atoms with E-state index in [2.05, 4.69) is 28.2 Å². The molecule has 1 atom stereocenters. The summed E-state index contributed by atoms with van der Waals surface area (Å²) in [5.74, 6) is 0. The van der Waals surface area contributed by atoms with Gasteiger partial charge in [0.1, 0.15) is 0 Å². The number of hydrogen-bond acceptors (Lipinski definition) is 1. The molecule has 0 saturated carbocycles. The number of rotatable bonds is 3. The van der Waals surface area contributed by atoms with Crippen LogP contribution < -0.4 is 5.32 Å². The molecule has 0 saturated heterocycles. The van der Waals surface area contributed by atoms with E-state index in [1.54, 1.807) is 6.07 Å². The van der Waals surface area contributed by atoms with E-state index in [4.69, 9.17) is 34.8 Å². The normalized spacial score (nSPS) is 12.3. The second-order valence-corrected chi connectivity index (χ2v) is 6.56. The number of anilines is 1. The fraction of sp³-hybridized carbons (Fsp3) is 0.200. The molecule has 0 aliphatic rings. The molecule has 2 aromatic carbocycles. The smallest absolute Gasteiger partial charge is 0.0782 e. The van der Waals surface area contributed by atoms with Crippen molar-refractivity contribution in [3.05, 3.63) is 61.0 Å². The van der Waals surface area contributed by atoms with Gasteiger partial charge in [-0.15, -0.1) is 0 Å². The third kappa shape index (κ3) is 3.25. The Bertz CT molecular complexity index is 643. The van der Waals surface area contributed by atoms with Gasteiger partial charge in [0.05, 0.1) is 21.1 Å². The molecule has 20 heavy (non-hydrogen) atoms. The molecule has 0 fully saturated rings. The molecule has 1 N–H and O–H groups in total. The van der Waals surface area contributed by atoms with Gasteiger partial charge in [-0.3, -0.25) is 0 Å². The van der Waals surface area contributed by atoms with Gasteiger partial charge in [-0.1, -0.05) is 62.9 Å². The second-order valence-electron chi connectivity index (χ2n) is 4.54. The van der Waals surface area contributed by atoms with Crippen LogP contribution in [0, 0.1) is 6.92 Å². The lowest BCUT2D eigenvalue weighted by Crippen LogP contribution is -2.08. The summed E-state index contributed by atoms with van der Waals surface area (Å²) >= 11 is 21.8. The Labute approximate surface area is 142 Å². The van der Waals surface area contributed by atoms with Gasteiger partial charge >= 0.3 is 0 Å². The number of halogens is 4. The standard InChI is InChI=1S/C15H13BrCl3N/c1-8-11(16)4-3-5-13(8)20-9(2)10-6-7-12(17)15(19)14(10)18/h3-7,9,20H,1-2H3. The Morgan fingerprint density at radius 1 is 1.05 bits per heavy atom. The zero-order valence-corrected chi connectivity index (χ0v) is 14.8. The lowest BCUT2D eigenvalue weighted by atomic mass is 10.1. The summed E-state index contributed by atoms with van der Waals surface area (Å²) in [6, 6.07) is 9.70. The second kappa shape index (κ2) is 6.57. The van der Waals surface area contributed by atoms with Crippen molar-refractivity contribution in [3.63, 3.8) is 0 Å². The van der Waals surface area contributed by atoms with Crippen LogP contribution in [-0.4, -0.2) is 0 Å². The van der Waals surface area contributed by atoms with E-state index in [0.717, 1.165) is 21.3 Å². The number of benzene rings is 2. The Balaban J connectivity index is 2.31. The Hall–Kier alpha value is -0.410. The van der Waals surface area contributed by atoms with Gasteiger partial charge in [0, 0.05) is 10.2 Å². The predicted molar refractivity (Wildman–Crippen MR) is 92.4 cm³/mol. The molecule has 0 spiro atoms. The van der Waals surface area contributed by atoms with Crippen molar-refractivity contribution in [2.75, 3.05) is 5.32 Å². The van der Waals surface area contributed by atoms with Gasteiger partial charge in [0.2, 0.25) is 0 Å². The van der Waals surface area contributed by atoms with E-state index in [-0.39, 0.29) is 6.04 Å². The first-order valence-corrected chi connectivity index (χ1v) is 7.99. The molecule has 0 aliphatic carbocycles. The Morgan fingerprint density at radius 3 is 2.45 bits per heavy atom. The van der Waals surface area contributed by atoms with Crippen LogP contribution in [0.4, 0.5) is 5.69 Å². The summed E-state index contributed by atoms with van der Waals surface area (Å²) in [5, 5.41) is 4.79. The fourth-order valence-corrected chi connectivity index (χ4v) is 3.02. The maximum Gasteiger partial charge on any atom is 0.0782 e. The van der Waals surface area contributed by atoms with Crippen molar-refractivity contribution in [2.45, 2.75) is 19.9 Å². The zero-order chi connectivity index (χ0) is 14.9. The van der Waals surface area contributed by atoms with Crippen molar-refractivity contribution in [1.82, 2.24) is 0 Å². The molecule has 2 rings (SSSR count). The largest absolute Gasteiger partial charge is 0.378 e. The first kappa shape index (κ1) is 16.0. The lowest BCUT2D eigenvalue weighted by molar-refractivity contribution is 0.882. The minimum atomic E-state index is 0.0188. The maximum absolute atomic E-state index is 6.27. The van der Waals surface area contributed by atoms with Crippen molar-refractivity contribution >= 4 is 56.4 Å². The van der Waals surface area contributed by atoms with E-state index in [0.29, 0.717) is 15.1 Å².